The summed E-state index contributed by atoms with van der Waals surface area (Å²) < 4.78 is 0. The summed E-state index contributed by atoms with van der Waals surface area (Å²) in [6.45, 7) is 6.67. The van der Waals surface area contributed by atoms with Crippen molar-refractivity contribution in [1.29, 1.82) is 0 Å². The standard InChI is InChI=1S/C10H18N2O3/c1-3-12(4-2)9(13)7-11-5-8(6-11)10(14)15/h8H,3-7H2,1-2H3,(H,14,15). The number of carbonyl (C=O) groups excluding carboxylic acids is 1. The summed E-state index contributed by atoms with van der Waals surface area (Å²) in [6.07, 6.45) is 0. The zero-order valence-corrected chi connectivity index (χ0v) is 9.27. The topological polar surface area (TPSA) is 60.9 Å². The van der Waals surface area contributed by atoms with Crippen LogP contribution in [0, 0.1) is 5.92 Å². The van der Waals surface area contributed by atoms with Gasteiger partial charge in [-0.3, -0.25) is 14.5 Å². The monoisotopic (exact) mass is 214 g/mol. The highest BCUT2D eigenvalue weighted by Crippen LogP contribution is 2.15. The predicted octanol–water partition coefficient (Wildman–Crippen LogP) is -0.129. The Labute approximate surface area is 89.7 Å². The quantitative estimate of drug-likeness (QED) is 0.692. The maximum atomic E-state index is 11.6. The van der Waals surface area contributed by atoms with Gasteiger partial charge in [-0.15, -0.1) is 0 Å². The molecule has 0 radical (unpaired) electrons. The predicted molar refractivity (Wildman–Crippen MR) is 55.5 cm³/mol. The molecule has 0 aromatic carbocycles. The first kappa shape index (κ1) is 12.0. The van der Waals surface area contributed by atoms with Crippen LogP contribution in [0.4, 0.5) is 0 Å². The largest absolute Gasteiger partial charge is 0.481 e. The van der Waals surface area contributed by atoms with E-state index in [-0.39, 0.29) is 11.8 Å². The van der Waals surface area contributed by atoms with Gasteiger partial charge in [0.1, 0.15) is 0 Å². The Morgan fingerprint density at radius 3 is 2.27 bits per heavy atom. The average molecular weight is 214 g/mol. The van der Waals surface area contributed by atoms with Crippen LogP contribution < -0.4 is 0 Å². The van der Waals surface area contributed by atoms with E-state index in [1.54, 1.807) is 4.90 Å². The van der Waals surface area contributed by atoms with Crippen LogP contribution >= 0.6 is 0 Å². The Kier molecular flexibility index (Phi) is 4.08. The third-order valence-corrected chi connectivity index (χ3v) is 2.78. The number of carboxylic acid groups (broad SMARTS) is 1. The SMILES string of the molecule is CCN(CC)C(=O)CN1CC(C(=O)O)C1. The van der Waals surface area contributed by atoms with E-state index < -0.39 is 5.97 Å². The van der Waals surface area contributed by atoms with Crippen molar-refractivity contribution < 1.29 is 14.7 Å². The fourth-order valence-electron chi connectivity index (χ4n) is 1.72. The molecule has 5 nitrogen and oxygen atoms in total. The lowest BCUT2D eigenvalue weighted by Gasteiger charge is -2.37. The number of nitrogens with zero attached hydrogens (tertiary/aromatic N) is 2. The minimum atomic E-state index is -0.762. The van der Waals surface area contributed by atoms with Crippen molar-refractivity contribution in [2.24, 2.45) is 5.92 Å². The van der Waals surface area contributed by atoms with Crippen molar-refractivity contribution in [3.05, 3.63) is 0 Å². The molecule has 5 heteroatoms. The van der Waals surface area contributed by atoms with Gasteiger partial charge >= 0.3 is 5.97 Å². The molecular weight excluding hydrogens is 196 g/mol. The molecule has 1 rings (SSSR count). The van der Waals surface area contributed by atoms with Gasteiger partial charge in [-0.2, -0.15) is 0 Å². The number of carbonyl (C=O) groups is 2. The highest BCUT2D eigenvalue weighted by molar-refractivity contribution is 5.79. The zero-order valence-electron chi connectivity index (χ0n) is 9.27. The number of aliphatic carboxylic acids is 1. The molecule has 0 aliphatic carbocycles. The third kappa shape index (κ3) is 2.92. The average Bonchev–Trinajstić information content (AvgIpc) is 2.12. The van der Waals surface area contributed by atoms with Crippen molar-refractivity contribution in [1.82, 2.24) is 9.80 Å². The fraction of sp³-hybridized carbons (Fsp3) is 0.800. The van der Waals surface area contributed by atoms with Crippen LogP contribution in [-0.4, -0.2) is 59.5 Å². The zero-order chi connectivity index (χ0) is 11.4. The number of likely N-dealkylation sites (tertiary alicyclic amines) is 1. The molecule has 1 aliphatic heterocycles. The van der Waals surface area contributed by atoms with Crippen LogP contribution in [0.15, 0.2) is 0 Å². The molecule has 1 N–H and O–H groups in total. The van der Waals surface area contributed by atoms with Crippen LogP contribution in [-0.2, 0) is 9.59 Å². The van der Waals surface area contributed by atoms with Crippen molar-refractivity contribution >= 4 is 11.9 Å². The van der Waals surface area contributed by atoms with Gasteiger partial charge in [-0.05, 0) is 13.8 Å². The summed E-state index contributed by atoms with van der Waals surface area (Å²) in [5, 5.41) is 8.66. The Hall–Kier alpha value is -1.10. The van der Waals surface area contributed by atoms with Crippen molar-refractivity contribution in [2.75, 3.05) is 32.7 Å². The summed E-state index contributed by atoms with van der Waals surface area (Å²) in [6, 6.07) is 0. The van der Waals surface area contributed by atoms with Crippen molar-refractivity contribution in [3.8, 4) is 0 Å². The number of carboxylic acids is 1. The van der Waals surface area contributed by atoms with Crippen molar-refractivity contribution in [3.63, 3.8) is 0 Å². The Bertz CT molecular complexity index is 245. The van der Waals surface area contributed by atoms with Gasteiger partial charge in [0, 0.05) is 26.2 Å². The molecule has 1 amide bonds. The van der Waals surface area contributed by atoms with E-state index in [1.807, 2.05) is 18.7 Å². The van der Waals surface area contributed by atoms with Crippen LogP contribution in [0.2, 0.25) is 0 Å². The van der Waals surface area contributed by atoms with Gasteiger partial charge in [0.2, 0.25) is 5.91 Å². The first-order valence-electron chi connectivity index (χ1n) is 5.31. The van der Waals surface area contributed by atoms with Gasteiger partial charge in [-0.25, -0.2) is 0 Å². The number of rotatable bonds is 5. The second kappa shape index (κ2) is 5.11. The van der Waals surface area contributed by atoms with Gasteiger partial charge in [0.25, 0.3) is 0 Å². The van der Waals surface area contributed by atoms with E-state index >= 15 is 0 Å². The molecule has 0 atom stereocenters. The molecular formula is C10H18N2O3. The van der Waals surface area contributed by atoms with E-state index in [1.165, 1.54) is 0 Å². The molecule has 0 saturated carbocycles. The lowest BCUT2D eigenvalue weighted by molar-refractivity contribution is -0.150. The second-order valence-corrected chi connectivity index (χ2v) is 3.80. The molecule has 1 saturated heterocycles. The van der Waals surface area contributed by atoms with E-state index in [2.05, 4.69) is 0 Å². The fourth-order valence-corrected chi connectivity index (χ4v) is 1.72. The van der Waals surface area contributed by atoms with Crippen molar-refractivity contribution in [2.45, 2.75) is 13.8 Å². The molecule has 0 bridgehead atoms. The highest BCUT2D eigenvalue weighted by atomic mass is 16.4. The lowest BCUT2D eigenvalue weighted by atomic mass is 10.0. The molecule has 0 aromatic rings. The summed E-state index contributed by atoms with van der Waals surface area (Å²) in [4.78, 5) is 25.8. The molecule has 15 heavy (non-hydrogen) atoms. The maximum Gasteiger partial charge on any atom is 0.309 e. The van der Waals surface area contributed by atoms with E-state index in [0.717, 1.165) is 0 Å². The number of hydrogen-bond donors (Lipinski definition) is 1. The van der Waals surface area contributed by atoms with Gasteiger partial charge < -0.3 is 10.0 Å². The van der Waals surface area contributed by atoms with Gasteiger partial charge in [0.15, 0.2) is 0 Å². The van der Waals surface area contributed by atoms with Crippen LogP contribution in [0.5, 0.6) is 0 Å². The second-order valence-electron chi connectivity index (χ2n) is 3.80. The summed E-state index contributed by atoms with van der Waals surface area (Å²) in [5.74, 6) is -0.958. The summed E-state index contributed by atoms with van der Waals surface area (Å²) in [5.41, 5.74) is 0. The summed E-state index contributed by atoms with van der Waals surface area (Å²) >= 11 is 0. The highest BCUT2D eigenvalue weighted by Gasteiger charge is 2.33. The number of amides is 1. The van der Waals surface area contributed by atoms with E-state index in [0.29, 0.717) is 32.7 Å². The minimum Gasteiger partial charge on any atom is -0.481 e. The lowest BCUT2D eigenvalue weighted by Crippen LogP contribution is -2.53. The molecule has 0 aromatic heterocycles. The molecule has 1 fully saturated rings. The molecule has 1 aliphatic rings. The summed E-state index contributed by atoms with van der Waals surface area (Å²) in [7, 11) is 0. The third-order valence-electron chi connectivity index (χ3n) is 2.78. The molecule has 1 heterocycles. The first-order chi connectivity index (χ1) is 7.08. The number of likely N-dealkylation sites (N-methyl/N-ethyl adjacent to an activating group) is 1. The molecule has 86 valence electrons. The molecule has 0 unspecified atom stereocenters. The Balaban J connectivity index is 2.27. The number of hydrogen-bond acceptors (Lipinski definition) is 3. The van der Waals surface area contributed by atoms with E-state index in [4.69, 9.17) is 5.11 Å². The maximum absolute atomic E-state index is 11.6. The van der Waals surface area contributed by atoms with E-state index in [9.17, 15) is 9.59 Å². The smallest absolute Gasteiger partial charge is 0.309 e. The van der Waals surface area contributed by atoms with Crippen LogP contribution in [0.1, 0.15) is 13.8 Å². The Morgan fingerprint density at radius 1 is 1.33 bits per heavy atom. The van der Waals surface area contributed by atoms with Gasteiger partial charge in [0.05, 0.1) is 12.5 Å². The first-order valence-corrected chi connectivity index (χ1v) is 5.31. The van der Waals surface area contributed by atoms with Gasteiger partial charge in [-0.1, -0.05) is 0 Å². The molecule has 0 spiro atoms. The van der Waals surface area contributed by atoms with Crippen LogP contribution in [0.3, 0.4) is 0 Å². The van der Waals surface area contributed by atoms with Crippen LogP contribution in [0.25, 0.3) is 0 Å². The minimum absolute atomic E-state index is 0.0869. The Morgan fingerprint density at radius 2 is 1.87 bits per heavy atom. The normalized spacial score (nSPS) is 17.2.